The Morgan fingerprint density at radius 3 is 2.20 bits per heavy atom. The summed E-state index contributed by atoms with van der Waals surface area (Å²) in [5.41, 5.74) is 0. The van der Waals surface area contributed by atoms with E-state index in [-0.39, 0.29) is 0 Å². The van der Waals surface area contributed by atoms with Crippen molar-refractivity contribution in [2.24, 2.45) is 0 Å². The van der Waals surface area contributed by atoms with Crippen LogP contribution < -0.4 is 0 Å². The van der Waals surface area contributed by atoms with Crippen molar-refractivity contribution in [1.29, 1.82) is 0 Å². The summed E-state index contributed by atoms with van der Waals surface area (Å²) in [5, 5.41) is 36.7. The van der Waals surface area contributed by atoms with Gasteiger partial charge in [0.1, 0.15) is 18.3 Å². The molecule has 9 nitrogen and oxygen atoms in total. The number of aliphatic hydroxyl groups excluding tert-OH is 3. The van der Waals surface area contributed by atoms with Gasteiger partial charge in [0.15, 0.2) is 0 Å². The number of carbonyl (C=O) groups excluding carboxylic acids is 2. The lowest BCUT2D eigenvalue weighted by atomic mass is 10.0. The first-order valence-electron chi connectivity index (χ1n) is 5.59. The van der Waals surface area contributed by atoms with Crippen molar-refractivity contribution in [2.45, 2.75) is 37.6 Å². The second-order valence-corrected chi connectivity index (χ2v) is 4.12. The van der Waals surface area contributed by atoms with Gasteiger partial charge in [-0.05, 0) is 6.92 Å². The van der Waals surface area contributed by atoms with Crippen LogP contribution in [0.2, 0.25) is 0 Å². The smallest absolute Gasteiger partial charge is 0.376 e. The number of aliphatic carboxylic acids is 1. The maximum atomic E-state index is 11.3. The predicted molar refractivity (Wildman–Crippen MR) is 60.2 cm³/mol. The molecule has 0 aliphatic carbocycles. The number of aliphatic hydroxyl groups is 3. The van der Waals surface area contributed by atoms with Crippen LogP contribution >= 0.6 is 0 Å². The van der Waals surface area contributed by atoms with Crippen LogP contribution in [0.4, 0.5) is 0 Å². The molecule has 0 aromatic rings. The molecule has 0 saturated carbocycles. The van der Waals surface area contributed by atoms with Crippen LogP contribution in [-0.2, 0) is 23.9 Å². The van der Waals surface area contributed by atoms with E-state index in [1.807, 2.05) is 0 Å². The lowest BCUT2D eigenvalue weighted by Gasteiger charge is -2.38. The van der Waals surface area contributed by atoms with Crippen molar-refractivity contribution in [3.8, 4) is 0 Å². The Morgan fingerprint density at radius 2 is 1.65 bits per heavy atom. The molecule has 1 aliphatic rings. The fourth-order valence-electron chi connectivity index (χ4n) is 1.48. The van der Waals surface area contributed by atoms with Gasteiger partial charge in [-0.15, -0.1) is 0 Å². The zero-order chi connectivity index (χ0) is 15.4. The van der Waals surface area contributed by atoms with Crippen LogP contribution in [-0.4, -0.2) is 68.9 Å². The largest absolute Gasteiger partial charge is 0.475 e. The van der Waals surface area contributed by atoms with Crippen LogP contribution in [0.5, 0.6) is 0 Å². The number of hydrogen-bond donors (Lipinski definition) is 4. The number of carboxylic acid groups (broad SMARTS) is 1. The fourth-order valence-corrected chi connectivity index (χ4v) is 1.48. The van der Waals surface area contributed by atoms with E-state index in [0.717, 1.165) is 0 Å². The van der Waals surface area contributed by atoms with E-state index >= 15 is 0 Å². The van der Waals surface area contributed by atoms with Crippen molar-refractivity contribution in [1.82, 2.24) is 0 Å². The van der Waals surface area contributed by atoms with Crippen molar-refractivity contribution >= 4 is 17.7 Å². The van der Waals surface area contributed by atoms with Crippen molar-refractivity contribution in [3.63, 3.8) is 0 Å². The van der Waals surface area contributed by atoms with E-state index in [9.17, 15) is 29.7 Å². The first-order valence-corrected chi connectivity index (χ1v) is 5.59. The Hall–Kier alpha value is -1.81. The SMILES string of the molecule is CC1OC(OC(=O)/C=C/C(=O)C(=O)O)C(O)C(O)C1O. The molecule has 20 heavy (non-hydrogen) atoms. The third-order valence-electron chi connectivity index (χ3n) is 2.62. The van der Waals surface area contributed by atoms with Crippen LogP contribution in [0.25, 0.3) is 0 Å². The normalized spacial score (nSPS) is 33.9. The Bertz CT molecular complexity index is 430. The minimum atomic E-state index is -1.74. The zero-order valence-electron chi connectivity index (χ0n) is 10.4. The van der Waals surface area contributed by atoms with Crippen LogP contribution in [0.3, 0.4) is 0 Å². The Labute approximate surface area is 113 Å². The lowest BCUT2D eigenvalue weighted by Crippen LogP contribution is -2.57. The third kappa shape index (κ3) is 3.84. The number of carbonyl (C=O) groups is 3. The summed E-state index contributed by atoms with van der Waals surface area (Å²) in [5.74, 6) is -4.20. The van der Waals surface area contributed by atoms with Crippen LogP contribution in [0.1, 0.15) is 6.92 Å². The Morgan fingerprint density at radius 1 is 1.05 bits per heavy atom. The van der Waals surface area contributed by atoms with Gasteiger partial charge in [0.2, 0.25) is 6.29 Å². The molecule has 1 fully saturated rings. The molecular formula is C11H14O9. The van der Waals surface area contributed by atoms with Gasteiger partial charge in [0, 0.05) is 12.2 Å². The second kappa shape index (κ2) is 6.57. The average molecular weight is 290 g/mol. The molecule has 1 saturated heterocycles. The molecule has 0 spiro atoms. The summed E-state index contributed by atoms with van der Waals surface area (Å²) in [4.78, 5) is 32.2. The van der Waals surface area contributed by atoms with Gasteiger partial charge in [-0.3, -0.25) is 4.79 Å². The van der Waals surface area contributed by atoms with Gasteiger partial charge in [-0.2, -0.15) is 0 Å². The van der Waals surface area contributed by atoms with Crippen molar-refractivity contribution in [2.75, 3.05) is 0 Å². The van der Waals surface area contributed by atoms with E-state index in [1.165, 1.54) is 6.92 Å². The van der Waals surface area contributed by atoms with Crippen molar-refractivity contribution in [3.05, 3.63) is 12.2 Å². The number of ketones is 1. The molecule has 1 heterocycles. The van der Waals surface area contributed by atoms with E-state index in [2.05, 4.69) is 4.74 Å². The molecule has 112 valence electrons. The number of carboxylic acids is 1. The number of ether oxygens (including phenoxy) is 2. The topological polar surface area (TPSA) is 151 Å². The van der Waals surface area contributed by atoms with Gasteiger partial charge < -0.3 is 29.9 Å². The van der Waals surface area contributed by atoms with E-state index in [0.29, 0.717) is 12.2 Å². The van der Waals surface area contributed by atoms with Gasteiger partial charge in [0.05, 0.1) is 6.10 Å². The molecule has 9 heteroatoms. The molecule has 5 atom stereocenters. The Balaban J connectivity index is 2.62. The highest BCUT2D eigenvalue weighted by molar-refractivity contribution is 6.37. The Kier molecular flexibility index (Phi) is 5.34. The van der Waals surface area contributed by atoms with Crippen LogP contribution in [0, 0.1) is 0 Å². The lowest BCUT2D eigenvalue weighted by molar-refractivity contribution is -0.283. The quantitative estimate of drug-likeness (QED) is 0.251. The monoisotopic (exact) mass is 290 g/mol. The average Bonchev–Trinajstić information content (AvgIpc) is 2.39. The second-order valence-electron chi connectivity index (χ2n) is 4.12. The van der Waals surface area contributed by atoms with Gasteiger partial charge in [-0.25, -0.2) is 9.59 Å². The van der Waals surface area contributed by atoms with E-state index < -0.39 is 48.4 Å². The minimum Gasteiger partial charge on any atom is -0.475 e. The minimum absolute atomic E-state index is 0.481. The predicted octanol–water partition coefficient (Wildman–Crippen LogP) is -2.43. The number of rotatable bonds is 4. The third-order valence-corrected chi connectivity index (χ3v) is 2.62. The van der Waals surface area contributed by atoms with Gasteiger partial charge >= 0.3 is 11.9 Å². The summed E-state index contributed by atoms with van der Waals surface area (Å²) in [7, 11) is 0. The molecular weight excluding hydrogens is 276 g/mol. The molecule has 0 radical (unpaired) electrons. The fraction of sp³-hybridized carbons (Fsp3) is 0.545. The molecule has 1 aliphatic heterocycles. The summed E-state index contributed by atoms with van der Waals surface area (Å²) in [6.07, 6.45) is -5.99. The highest BCUT2D eigenvalue weighted by atomic mass is 16.7. The standard InChI is InChI=1S/C11H14O9/c1-4-7(14)8(15)9(16)11(19-4)20-6(13)3-2-5(12)10(17)18/h2-4,7-9,11,14-16H,1H3,(H,17,18)/b3-2+. The summed E-state index contributed by atoms with van der Waals surface area (Å²) in [6, 6.07) is 0. The highest BCUT2D eigenvalue weighted by Gasteiger charge is 2.43. The van der Waals surface area contributed by atoms with Crippen LogP contribution in [0.15, 0.2) is 12.2 Å². The van der Waals surface area contributed by atoms with Crippen molar-refractivity contribution < 1.29 is 44.3 Å². The summed E-state index contributed by atoms with van der Waals surface area (Å²) < 4.78 is 9.58. The maximum Gasteiger partial charge on any atom is 0.376 e. The maximum absolute atomic E-state index is 11.3. The van der Waals surface area contributed by atoms with Gasteiger partial charge in [-0.1, -0.05) is 0 Å². The van der Waals surface area contributed by atoms with Gasteiger partial charge in [0.25, 0.3) is 5.78 Å². The first-order chi connectivity index (χ1) is 9.23. The molecule has 1 rings (SSSR count). The summed E-state index contributed by atoms with van der Waals surface area (Å²) >= 11 is 0. The molecule has 0 aromatic heterocycles. The molecule has 5 unspecified atom stereocenters. The first kappa shape index (κ1) is 16.2. The molecule has 4 N–H and O–H groups in total. The molecule has 0 amide bonds. The van der Waals surface area contributed by atoms with E-state index in [1.54, 1.807) is 0 Å². The molecule has 0 bridgehead atoms. The zero-order valence-corrected chi connectivity index (χ0v) is 10.4. The highest BCUT2D eigenvalue weighted by Crippen LogP contribution is 2.21. The molecule has 0 aromatic carbocycles. The summed E-state index contributed by atoms with van der Waals surface area (Å²) in [6.45, 7) is 1.39. The number of hydrogen-bond acceptors (Lipinski definition) is 8. The van der Waals surface area contributed by atoms with E-state index in [4.69, 9.17) is 9.84 Å². The number of esters is 1.